The van der Waals surface area contributed by atoms with E-state index < -0.39 is 23.6 Å². The van der Waals surface area contributed by atoms with Gasteiger partial charge < -0.3 is 19.1 Å². The molecule has 9 nitrogen and oxygen atoms in total. The first kappa shape index (κ1) is 27.6. The summed E-state index contributed by atoms with van der Waals surface area (Å²) in [6.07, 6.45) is -2.54. The number of urea groups is 1. The molecule has 2 bridgehead atoms. The summed E-state index contributed by atoms with van der Waals surface area (Å²) < 4.78 is 57.3. The molecule has 0 aliphatic carbocycles. The van der Waals surface area contributed by atoms with Crippen molar-refractivity contribution in [3.63, 3.8) is 0 Å². The number of nitrogens with zero attached hydrogens (tertiary/aromatic N) is 4. The number of benzene rings is 1. The molecule has 0 saturated carbocycles. The predicted molar refractivity (Wildman–Crippen MR) is 146 cm³/mol. The first-order valence-electron chi connectivity index (χ1n) is 13.1. The Bertz CT molecular complexity index is 1490. The van der Waals surface area contributed by atoms with Crippen LogP contribution in [0.15, 0.2) is 48.7 Å². The maximum atomic E-state index is 13.6. The number of nitrogens with one attached hydrogen (secondary N) is 1. The van der Waals surface area contributed by atoms with Crippen molar-refractivity contribution < 1.29 is 32.2 Å². The highest BCUT2D eigenvalue weighted by Crippen LogP contribution is 2.44. The molecule has 2 aromatic heterocycles. The van der Waals surface area contributed by atoms with E-state index in [1.54, 1.807) is 18.2 Å². The van der Waals surface area contributed by atoms with Crippen LogP contribution in [-0.2, 0) is 15.7 Å². The molecule has 2 atom stereocenters. The molecule has 1 N–H and O–H groups in total. The van der Waals surface area contributed by atoms with Crippen molar-refractivity contribution in [2.75, 3.05) is 41.4 Å². The Balaban J connectivity index is 1.25. The molecule has 1 aromatic carbocycles. The normalized spacial score (nSPS) is 21.1. The first-order chi connectivity index (χ1) is 19.5. The summed E-state index contributed by atoms with van der Waals surface area (Å²) in [7, 11) is 0. The van der Waals surface area contributed by atoms with Gasteiger partial charge in [-0.05, 0) is 44.5 Å². The Morgan fingerprint density at radius 2 is 2.07 bits per heavy atom. The third-order valence-corrected chi connectivity index (χ3v) is 7.47. The van der Waals surface area contributed by atoms with Crippen molar-refractivity contribution in [3.05, 3.63) is 59.2 Å². The number of anilines is 3. The van der Waals surface area contributed by atoms with Crippen LogP contribution in [0.25, 0.3) is 11.3 Å². The van der Waals surface area contributed by atoms with Gasteiger partial charge >= 0.3 is 12.2 Å². The number of halogens is 4. The van der Waals surface area contributed by atoms with Crippen molar-refractivity contribution in [2.45, 2.75) is 44.4 Å². The Kier molecular flexibility index (Phi) is 6.95. The predicted octanol–water partition coefficient (Wildman–Crippen LogP) is 5.98. The summed E-state index contributed by atoms with van der Waals surface area (Å²) >= 11 is 6.53. The molecule has 3 aromatic rings. The zero-order valence-electron chi connectivity index (χ0n) is 22.2. The lowest BCUT2D eigenvalue weighted by Gasteiger charge is -2.36. The quantitative estimate of drug-likeness (QED) is 0.392. The minimum Gasteiger partial charge on any atom is -0.491 e. The van der Waals surface area contributed by atoms with Crippen LogP contribution in [0.5, 0.6) is 5.75 Å². The largest absolute Gasteiger partial charge is 0.491 e. The smallest absolute Gasteiger partial charge is 0.416 e. The third-order valence-electron chi connectivity index (χ3n) is 7.19. The summed E-state index contributed by atoms with van der Waals surface area (Å²) in [4.78, 5) is 26.1. The highest BCUT2D eigenvalue weighted by atomic mass is 35.5. The van der Waals surface area contributed by atoms with Crippen LogP contribution in [0, 0.1) is 0 Å². The number of aromatic nitrogens is 2. The van der Waals surface area contributed by atoms with Gasteiger partial charge in [0.25, 0.3) is 0 Å². The minimum absolute atomic E-state index is 0.159. The Hall–Kier alpha value is -3.61. The van der Waals surface area contributed by atoms with Crippen LogP contribution in [0.1, 0.15) is 25.8 Å². The van der Waals surface area contributed by atoms with Gasteiger partial charge in [0.05, 0.1) is 34.6 Å². The molecule has 3 aliphatic heterocycles. The van der Waals surface area contributed by atoms with E-state index in [1.165, 1.54) is 23.2 Å². The summed E-state index contributed by atoms with van der Waals surface area (Å²) in [5.41, 5.74) is 0.188. The lowest BCUT2D eigenvalue weighted by Crippen LogP contribution is -2.48. The second kappa shape index (κ2) is 10.3. The van der Waals surface area contributed by atoms with E-state index in [-0.39, 0.29) is 40.9 Å². The standard InChI is InChI=1S/C28H27ClF3N5O4/c1-27(2)40-15-20(41-27)14-39-19-6-8-33-23(11-19)34-26(38)37-18-7-9-36(13-18)22-12-21(29)24(35-25(22)37)16-4-3-5-17(10-16)28(30,31)32/h3-6,8,10-12,18,20H,7,9,13-15H2,1-2H3,(H,33,34,38)/t18-,20-/m0/s1. The van der Waals surface area contributed by atoms with E-state index in [2.05, 4.69) is 20.2 Å². The first-order valence-corrected chi connectivity index (χ1v) is 13.5. The van der Waals surface area contributed by atoms with Crippen LogP contribution in [0.4, 0.5) is 35.3 Å². The molecule has 3 aliphatic rings. The Morgan fingerprint density at radius 1 is 1.24 bits per heavy atom. The molecule has 41 heavy (non-hydrogen) atoms. The minimum atomic E-state index is -4.52. The van der Waals surface area contributed by atoms with Crippen LogP contribution >= 0.6 is 11.6 Å². The van der Waals surface area contributed by atoms with Gasteiger partial charge in [0.1, 0.15) is 24.3 Å². The van der Waals surface area contributed by atoms with E-state index in [9.17, 15) is 18.0 Å². The molecule has 0 unspecified atom stereocenters. The van der Waals surface area contributed by atoms with Gasteiger partial charge in [0, 0.05) is 30.9 Å². The van der Waals surface area contributed by atoms with Gasteiger partial charge in [-0.15, -0.1) is 0 Å². The molecular weight excluding hydrogens is 563 g/mol. The number of ether oxygens (including phenoxy) is 3. The van der Waals surface area contributed by atoms with Gasteiger partial charge in [-0.25, -0.2) is 14.8 Å². The molecule has 2 amide bonds. The van der Waals surface area contributed by atoms with Crippen LogP contribution in [0.3, 0.4) is 0 Å². The van der Waals surface area contributed by atoms with Crippen LogP contribution in [-0.4, -0.2) is 60.2 Å². The van der Waals surface area contributed by atoms with Crippen LogP contribution in [0.2, 0.25) is 5.02 Å². The zero-order chi connectivity index (χ0) is 28.9. The summed E-state index contributed by atoms with van der Waals surface area (Å²) in [6.45, 7) is 5.61. The molecular formula is C28H27ClF3N5O4. The average molecular weight is 590 g/mol. The number of hydrogen-bond donors (Lipinski definition) is 1. The second-order valence-corrected chi connectivity index (χ2v) is 11.0. The van der Waals surface area contributed by atoms with Crippen molar-refractivity contribution in [2.24, 2.45) is 0 Å². The lowest BCUT2D eigenvalue weighted by molar-refractivity contribution is -0.141. The highest BCUT2D eigenvalue weighted by Gasteiger charge is 2.41. The van der Waals surface area contributed by atoms with E-state index in [0.717, 1.165) is 12.1 Å². The SMILES string of the molecule is CC1(C)OC[C@H](COc2ccnc(NC(=O)N3c4nc(-c5cccc(C(F)(F)F)c5)c(Cl)cc4N4CC[C@H]3C4)c2)O1. The maximum Gasteiger partial charge on any atom is 0.416 e. The monoisotopic (exact) mass is 589 g/mol. The molecule has 216 valence electrons. The molecule has 2 saturated heterocycles. The maximum absolute atomic E-state index is 13.6. The van der Waals surface area contributed by atoms with E-state index >= 15 is 0 Å². The van der Waals surface area contributed by atoms with Crippen LogP contribution < -0.4 is 19.9 Å². The number of hydrogen-bond acceptors (Lipinski definition) is 7. The molecule has 2 fully saturated rings. The highest BCUT2D eigenvalue weighted by molar-refractivity contribution is 6.33. The van der Waals surface area contributed by atoms with Crippen molar-refractivity contribution >= 4 is 35.0 Å². The molecule has 13 heteroatoms. The number of fused-ring (bicyclic) bond motifs is 4. The fourth-order valence-corrected chi connectivity index (χ4v) is 5.56. The van der Waals surface area contributed by atoms with E-state index in [4.69, 9.17) is 25.8 Å². The van der Waals surface area contributed by atoms with Crippen molar-refractivity contribution in [1.82, 2.24) is 9.97 Å². The van der Waals surface area contributed by atoms with Gasteiger partial charge in [0.2, 0.25) is 0 Å². The van der Waals surface area contributed by atoms with Crippen molar-refractivity contribution in [1.29, 1.82) is 0 Å². The van der Waals surface area contributed by atoms with Gasteiger partial charge in [-0.3, -0.25) is 10.2 Å². The topological polar surface area (TPSA) is 89.1 Å². The van der Waals surface area contributed by atoms with Crippen molar-refractivity contribution in [3.8, 4) is 17.0 Å². The number of amides is 2. The molecule has 0 radical (unpaired) electrons. The van der Waals surface area contributed by atoms with Gasteiger partial charge in [0.15, 0.2) is 11.6 Å². The number of carbonyl (C=O) groups excluding carboxylic acids is 1. The zero-order valence-corrected chi connectivity index (χ0v) is 23.0. The number of alkyl halides is 3. The van der Waals surface area contributed by atoms with Gasteiger partial charge in [-0.2, -0.15) is 13.2 Å². The molecule has 6 rings (SSSR count). The fourth-order valence-electron chi connectivity index (χ4n) is 5.30. The second-order valence-electron chi connectivity index (χ2n) is 10.6. The Labute approximate surface area is 239 Å². The number of pyridine rings is 2. The Morgan fingerprint density at radius 3 is 2.83 bits per heavy atom. The summed E-state index contributed by atoms with van der Waals surface area (Å²) in [6, 6.07) is 9.08. The third kappa shape index (κ3) is 5.64. The van der Waals surface area contributed by atoms with E-state index in [0.29, 0.717) is 43.4 Å². The van der Waals surface area contributed by atoms with Gasteiger partial charge in [-0.1, -0.05) is 23.7 Å². The summed E-state index contributed by atoms with van der Waals surface area (Å²) in [5.74, 6) is 0.420. The molecule has 5 heterocycles. The fraction of sp³-hybridized carbons (Fsp3) is 0.393. The summed E-state index contributed by atoms with van der Waals surface area (Å²) in [5, 5.41) is 3.01. The number of carbonyl (C=O) groups is 1. The van der Waals surface area contributed by atoms with E-state index in [1.807, 2.05) is 13.8 Å². The number of rotatable bonds is 5. The molecule has 0 spiro atoms. The average Bonchev–Trinajstić information content (AvgIpc) is 3.50. The lowest BCUT2D eigenvalue weighted by atomic mass is 10.1.